The van der Waals surface area contributed by atoms with Crippen molar-refractivity contribution in [2.45, 2.75) is 25.7 Å². The standard InChI is InChI=1S/C11H13N3S/c12-11-13-6-8(14-11)10-5-7-3-1-2-4-9(7)15-10/h5-6H,1-4H2,(H3,12,13,14). The lowest BCUT2D eigenvalue weighted by atomic mass is 9.99. The largest absolute Gasteiger partial charge is 0.369 e. The summed E-state index contributed by atoms with van der Waals surface area (Å²) in [5.74, 6) is 0.497. The molecule has 1 aliphatic rings. The lowest BCUT2D eigenvalue weighted by Crippen LogP contribution is -1.96. The molecule has 0 aromatic carbocycles. The fourth-order valence-electron chi connectivity index (χ4n) is 2.09. The maximum absolute atomic E-state index is 5.58. The maximum Gasteiger partial charge on any atom is 0.197 e. The molecule has 0 atom stereocenters. The smallest absolute Gasteiger partial charge is 0.197 e. The predicted molar refractivity (Wildman–Crippen MR) is 63.0 cm³/mol. The van der Waals surface area contributed by atoms with Crippen molar-refractivity contribution in [3.63, 3.8) is 0 Å². The van der Waals surface area contributed by atoms with Crippen LogP contribution < -0.4 is 5.73 Å². The van der Waals surface area contributed by atoms with E-state index in [1.165, 1.54) is 36.1 Å². The van der Waals surface area contributed by atoms with Crippen molar-refractivity contribution >= 4 is 17.3 Å². The topological polar surface area (TPSA) is 54.7 Å². The van der Waals surface area contributed by atoms with Crippen LogP contribution in [0, 0.1) is 0 Å². The Balaban J connectivity index is 2.02. The molecule has 0 unspecified atom stereocenters. The number of imidazole rings is 1. The molecule has 0 bridgehead atoms. The van der Waals surface area contributed by atoms with E-state index in [2.05, 4.69) is 16.0 Å². The number of anilines is 1. The van der Waals surface area contributed by atoms with Gasteiger partial charge in [-0.15, -0.1) is 11.3 Å². The van der Waals surface area contributed by atoms with E-state index in [0.29, 0.717) is 5.95 Å². The normalized spacial score (nSPS) is 15.2. The molecule has 0 radical (unpaired) electrons. The van der Waals surface area contributed by atoms with Gasteiger partial charge in [0.2, 0.25) is 0 Å². The number of thiophene rings is 1. The molecule has 0 spiro atoms. The highest BCUT2D eigenvalue weighted by molar-refractivity contribution is 7.15. The summed E-state index contributed by atoms with van der Waals surface area (Å²) >= 11 is 1.87. The highest BCUT2D eigenvalue weighted by Crippen LogP contribution is 2.34. The molecule has 2 heterocycles. The predicted octanol–water partition coefficient (Wildman–Crippen LogP) is 2.60. The van der Waals surface area contributed by atoms with Crippen LogP contribution >= 0.6 is 11.3 Å². The second-order valence-electron chi connectivity index (χ2n) is 3.95. The Morgan fingerprint density at radius 1 is 1.33 bits per heavy atom. The maximum atomic E-state index is 5.58. The fraction of sp³-hybridized carbons (Fsp3) is 0.364. The molecule has 1 aliphatic carbocycles. The Morgan fingerprint density at radius 2 is 2.20 bits per heavy atom. The molecule has 2 aromatic heterocycles. The zero-order valence-electron chi connectivity index (χ0n) is 8.42. The van der Waals surface area contributed by atoms with Gasteiger partial charge in [0.25, 0.3) is 0 Å². The lowest BCUT2D eigenvalue weighted by molar-refractivity contribution is 0.697. The number of nitrogen functional groups attached to an aromatic ring is 1. The molecule has 15 heavy (non-hydrogen) atoms. The fourth-order valence-corrected chi connectivity index (χ4v) is 3.30. The minimum Gasteiger partial charge on any atom is -0.369 e. The quantitative estimate of drug-likeness (QED) is 0.774. The van der Waals surface area contributed by atoms with E-state index < -0.39 is 0 Å². The Bertz CT molecular complexity index is 460. The Labute approximate surface area is 92.4 Å². The van der Waals surface area contributed by atoms with Crippen molar-refractivity contribution in [2.24, 2.45) is 0 Å². The second-order valence-corrected chi connectivity index (χ2v) is 5.09. The summed E-state index contributed by atoms with van der Waals surface area (Å²) in [4.78, 5) is 9.92. The highest BCUT2D eigenvalue weighted by atomic mass is 32.1. The Kier molecular flexibility index (Phi) is 2.02. The molecule has 0 fully saturated rings. The number of rotatable bonds is 1. The van der Waals surface area contributed by atoms with Crippen molar-refractivity contribution in [1.29, 1.82) is 0 Å². The van der Waals surface area contributed by atoms with Gasteiger partial charge in [-0.3, -0.25) is 0 Å². The van der Waals surface area contributed by atoms with Gasteiger partial charge in [0.15, 0.2) is 5.95 Å². The average molecular weight is 219 g/mol. The Hall–Kier alpha value is -1.29. The van der Waals surface area contributed by atoms with Crippen molar-refractivity contribution in [3.05, 3.63) is 22.7 Å². The zero-order chi connectivity index (χ0) is 10.3. The summed E-state index contributed by atoms with van der Waals surface area (Å²) in [5.41, 5.74) is 8.15. The summed E-state index contributed by atoms with van der Waals surface area (Å²) in [6, 6.07) is 2.28. The number of aromatic nitrogens is 2. The molecule has 4 heteroatoms. The van der Waals surface area contributed by atoms with Crippen molar-refractivity contribution in [3.8, 4) is 10.6 Å². The SMILES string of the molecule is Nc1ncc(-c2cc3c(s2)CCCC3)[nH]1. The number of hydrogen-bond acceptors (Lipinski definition) is 3. The number of aromatic amines is 1. The van der Waals surface area contributed by atoms with Crippen LogP contribution in [0.1, 0.15) is 23.3 Å². The summed E-state index contributed by atoms with van der Waals surface area (Å²) in [6.45, 7) is 0. The van der Waals surface area contributed by atoms with E-state index in [4.69, 9.17) is 5.73 Å². The molecule has 0 saturated heterocycles. The second kappa shape index (κ2) is 3.38. The molecule has 0 aliphatic heterocycles. The van der Waals surface area contributed by atoms with Gasteiger partial charge >= 0.3 is 0 Å². The van der Waals surface area contributed by atoms with Crippen LogP contribution in [-0.2, 0) is 12.8 Å². The van der Waals surface area contributed by atoms with Crippen LogP contribution in [0.25, 0.3) is 10.6 Å². The Morgan fingerprint density at radius 3 is 2.93 bits per heavy atom. The van der Waals surface area contributed by atoms with E-state index in [1.807, 2.05) is 17.5 Å². The molecule has 3 rings (SSSR count). The van der Waals surface area contributed by atoms with Gasteiger partial charge in [0.1, 0.15) is 0 Å². The molecule has 3 nitrogen and oxygen atoms in total. The van der Waals surface area contributed by atoms with Crippen molar-refractivity contribution in [1.82, 2.24) is 9.97 Å². The molecule has 0 amide bonds. The first kappa shape index (κ1) is 8.97. The van der Waals surface area contributed by atoms with Crippen LogP contribution in [0.3, 0.4) is 0 Å². The van der Waals surface area contributed by atoms with E-state index in [-0.39, 0.29) is 0 Å². The van der Waals surface area contributed by atoms with Crippen molar-refractivity contribution < 1.29 is 0 Å². The third kappa shape index (κ3) is 1.55. The first-order valence-corrected chi connectivity index (χ1v) is 6.07. The van der Waals surface area contributed by atoms with Gasteiger partial charge in [-0.1, -0.05) is 0 Å². The number of nitrogens with one attached hydrogen (secondary N) is 1. The highest BCUT2D eigenvalue weighted by Gasteiger charge is 2.14. The number of hydrogen-bond donors (Lipinski definition) is 2. The van der Waals surface area contributed by atoms with Gasteiger partial charge in [-0.25, -0.2) is 4.98 Å². The molecule has 0 saturated carbocycles. The first-order valence-electron chi connectivity index (χ1n) is 5.25. The summed E-state index contributed by atoms with van der Waals surface area (Å²) < 4.78 is 0. The molecule has 3 N–H and O–H groups in total. The molecular weight excluding hydrogens is 206 g/mol. The lowest BCUT2D eigenvalue weighted by Gasteiger charge is -2.08. The number of nitrogens with zero attached hydrogens (tertiary/aromatic N) is 1. The van der Waals surface area contributed by atoms with Crippen molar-refractivity contribution in [2.75, 3.05) is 5.73 Å². The van der Waals surface area contributed by atoms with Crippen LogP contribution in [-0.4, -0.2) is 9.97 Å². The van der Waals surface area contributed by atoms with E-state index in [1.54, 1.807) is 4.88 Å². The number of aryl methyl sites for hydroxylation is 2. The summed E-state index contributed by atoms with van der Waals surface area (Å²) in [7, 11) is 0. The first-order chi connectivity index (χ1) is 7.33. The van der Waals surface area contributed by atoms with Crippen LogP contribution in [0.5, 0.6) is 0 Å². The zero-order valence-corrected chi connectivity index (χ0v) is 9.23. The number of H-pyrrole nitrogens is 1. The molecule has 78 valence electrons. The molecule has 2 aromatic rings. The third-order valence-corrected chi connectivity index (χ3v) is 4.13. The molecular formula is C11H13N3S. The van der Waals surface area contributed by atoms with E-state index >= 15 is 0 Å². The van der Waals surface area contributed by atoms with Gasteiger partial charge in [0.05, 0.1) is 16.8 Å². The van der Waals surface area contributed by atoms with Gasteiger partial charge in [0, 0.05) is 4.88 Å². The van der Waals surface area contributed by atoms with Crippen LogP contribution in [0.2, 0.25) is 0 Å². The van der Waals surface area contributed by atoms with Gasteiger partial charge in [-0.05, 0) is 37.3 Å². The van der Waals surface area contributed by atoms with Gasteiger partial charge in [-0.2, -0.15) is 0 Å². The third-order valence-electron chi connectivity index (χ3n) is 2.86. The average Bonchev–Trinajstić information content (AvgIpc) is 2.82. The minimum atomic E-state index is 0.497. The van der Waals surface area contributed by atoms with Crippen LogP contribution in [0.15, 0.2) is 12.3 Å². The number of nitrogens with two attached hydrogens (primary N) is 1. The van der Waals surface area contributed by atoms with Crippen LogP contribution in [0.4, 0.5) is 5.95 Å². The monoisotopic (exact) mass is 219 g/mol. The van der Waals surface area contributed by atoms with E-state index in [9.17, 15) is 0 Å². The number of fused-ring (bicyclic) bond motifs is 1. The summed E-state index contributed by atoms with van der Waals surface area (Å²) in [5, 5.41) is 0. The van der Waals surface area contributed by atoms with E-state index in [0.717, 1.165) is 5.69 Å². The van der Waals surface area contributed by atoms with Gasteiger partial charge < -0.3 is 10.7 Å². The minimum absolute atomic E-state index is 0.497. The summed E-state index contributed by atoms with van der Waals surface area (Å²) in [6.07, 6.45) is 6.94.